The number of carbonyl (C=O) groups excluding carboxylic acids is 1. The Morgan fingerprint density at radius 2 is 2.00 bits per heavy atom. The van der Waals surface area contributed by atoms with Crippen LogP contribution in [0.4, 0.5) is 4.79 Å². The number of imidazole rings is 1. The van der Waals surface area contributed by atoms with Gasteiger partial charge in [-0.3, -0.25) is 4.90 Å². The van der Waals surface area contributed by atoms with Gasteiger partial charge in [-0.1, -0.05) is 28.1 Å². The molecule has 1 amide bonds. The van der Waals surface area contributed by atoms with Crippen molar-refractivity contribution in [3.63, 3.8) is 0 Å². The quantitative estimate of drug-likeness (QED) is 0.774. The molecule has 1 aliphatic heterocycles. The number of hydrogen-bond acceptors (Lipinski definition) is 3. The van der Waals surface area contributed by atoms with E-state index in [9.17, 15) is 4.79 Å². The number of aromatic nitrogens is 2. The Kier molecular flexibility index (Phi) is 3.90. The van der Waals surface area contributed by atoms with E-state index in [2.05, 4.69) is 25.9 Å². The van der Waals surface area contributed by atoms with Gasteiger partial charge in [0.2, 0.25) is 0 Å². The summed E-state index contributed by atoms with van der Waals surface area (Å²) in [6.45, 7) is 5.71. The molecule has 1 unspecified atom stereocenters. The summed E-state index contributed by atoms with van der Waals surface area (Å²) in [5.74, 6) is 1.43. The Balaban J connectivity index is 1.57. The minimum Gasteiger partial charge on any atom is -0.444 e. The molecule has 1 saturated heterocycles. The van der Waals surface area contributed by atoms with E-state index in [0.29, 0.717) is 12.0 Å². The van der Waals surface area contributed by atoms with E-state index >= 15 is 0 Å². The molecule has 1 aliphatic carbocycles. The number of fused-ring (bicyclic) bond motifs is 1. The van der Waals surface area contributed by atoms with E-state index in [0.717, 1.165) is 34.4 Å². The average molecular weight is 404 g/mol. The molecule has 1 N–H and O–H groups in total. The fraction of sp³-hybridized carbons (Fsp3) is 0.474. The second-order valence-electron chi connectivity index (χ2n) is 7.89. The number of ether oxygens (including phenoxy) is 1. The molecule has 0 radical (unpaired) electrons. The van der Waals surface area contributed by atoms with Crippen LogP contribution >= 0.6 is 15.9 Å². The zero-order valence-corrected chi connectivity index (χ0v) is 16.2. The van der Waals surface area contributed by atoms with Gasteiger partial charge < -0.3 is 9.72 Å². The lowest BCUT2D eigenvalue weighted by Crippen LogP contribution is -2.38. The number of rotatable bonds is 2. The zero-order valence-electron chi connectivity index (χ0n) is 14.6. The second-order valence-corrected chi connectivity index (χ2v) is 8.81. The highest BCUT2D eigenvalue weighted by Crippen LogP contribution is 2.53. The van der Waals surface area contributed by atoms with Crippen LogP contribution in [0.3, 0.4) is 0 Å². The Morgan fingerprint density at radius 1 is 1.28 bits per heavy atom. The summed E-state index contributed by atoms with van der Waals surface area (Å²) in [7, 11) is 0. The summed E-state index contributed by atoms with van der Waals surface area (Å²) < 4.78 is 6.66. The average Bonchev–Trinajstić information content (AvgIpc) is 2.97. The Labute approximate surface area is 155 Å². The van der Waals surface area contributed by atoms with Crippen molar-refractivity contribution in [3.8, 4) is 11.3 Å². The highest BCUT2D eigenvalue weighted by atomic mass is 79.9. The number of aromatic amines is 1. The summed E-state index contributed by atoms with van der Waals surface area (Å²) in [5.41, 5.74) is 1.56. The number of carbonyl (C=O) groups is 1. The first-order chi connectivity index (χ1) is 11.8. The number of amides is 1. The smallest absolute Gasteiger partial charge is 0.411 e. The molecular weight excluding hydrogens is 382 g/mol. The summed E-state index contributed by atoms with van der Waals surface area (Å²) in [4.78, 5) is 22.5. The van der Waals surface area contributed by atoms with Gasteiger partial charge in [0.05, 0.1) is 17.9 Å². The summed E-state index contributed by atoms with van der Waals surface area (Å²) in [5, 5.41) is 0. The lowest BCUT2D eigenvalue weighted by atomic mass is 10.1. The number of hydrogen-bond donors (Lipinski definition) is 1. The van der Waals surface area contributed by atoms with Gasteiger partial charge in [-0.2, -0.15) is 0 Å². The van der Waals surface area contributed by atoms with Crippen LogP contribution in [0.15, 0.2) is 34.9 Å². The Hall–Kier alpha value is -1.82. The third-order valence-electron chi connectivity index (χ3n) is 4.78. The van der Waals surface area contributed by atoms with Crippen LogP contribution in [-0.4, -0.2) is 32.6 Å². The van der Waals surface area contributed by atoms with E-state index in [1.165, 1.54) is 0 Å². The number of nitrogens with one attached hydrogen (secondary N) is 1. The lowest BCUT2D eigenvalue weighted by molar-refractivity contribution is 0.0175. The van der Waals surface area contributed by atoms with E-state index in [4.69, 9.17) is 4.74 Å². The van der Waals surface area contributed by atoms with Gasteiger partial charge in [-0.15, -0.1) is 0 Å². The fourth-order valence-corrected chi connectivity index (χ4v) is 3.82. The van der Waals surface area contributed by atoms with Crippen molar-refractivity contribution in [1.82, 2.24) is 14.9 Å². The maximum atomic E-state index is 12.7. The van der Waals surface area contributed by atoms with Crippen molar-refractivity contribution in [2.75, 3.05) is 0 Å². The van der Waals surface area contributed by atoms with Crippen LogP contribution in [0.2, 0.25) is 0 Å². The molecule has 2 fully saturated rings. The van der Waals surface area contributed by atoms with Crippen molar-refractivity contribution in [3.05, 3.63) is 40.8 Å². The van der Waals surface area contributed by atoms with Gasteiger partial charge in [0.1, 0.15) is 11.4 Å². The maximum absolute atomic E-state index is 12.7. The van der Waals surface area contributed by atoms with Crippen molar-refractivity contribution in [2.24, 2.45) is 5.92 Å². The van der Waals surface area contributed by atoms with Gasteiger partial charge in [0, 0.05) is 10.5 Å². The van der Waals surface area contributed by atoms with Crippen molar-refractivity contribution < 1.29 is 9.53 Å². The normalized spacial score (nSPS) is 25.0. The molecule has 4 rings (SSSR count). The van der Waals surface area contributed by atoms with E-state index < -0.39 is 5.60 Å². The molecule has 6 heteroatoms. The Bertz CT molecular complexity index is 794. The van der Waals surface area contributed by atoms with Crippen LogP contribution in [-0.2, 0) is 4.74 Å². The molecule has 1 aromatic carbocycles. The number of benzene rings is 1. The molecule has 2 aliphatic rings. The molecule has 5 nitrogen and oxygen atoms in total. The van der Waals surface area contributed by atoms with Crippen molar-refractivity contribution in [2.45, 2.75) is 51.3 Å². The molecule has 2 heterocycles. The first-order valence-corrected chi connectivity index (χ1v) is 9.43. The predicted molar refractivity (Wildman–Crippen MR) is 99.0 cm³/mol. The number of nitrogens with zero attached hydrogens (tertiary/aromatic N) is 2. The molecule has 132 valence electrons. The van der Waals surface area contributed by atoms with Crippen LogP contribution < -0.4 is 0 Å². The van der Waals surface area contributed by atoms with Crippen LogP contribution in [0.1, 0.15) is 45.5 Å². The SMILES string of the molecule is CC(C)(C)OC(=O)N1[C@@H]2CC2C[C@H]1c1ncc(-c2ccc(Br)cc2)[nH]1. The first kappa shape index (κ1) is 16.6. The minimum absolute atomic E-state index is 0.0252. The van der Waals surface area contributed by atoms with Crippen molar-refractivity contribution in [1.29, 1.82) is 0 Å². The third-order valence-corrected chi connectivity index (χ3v) is 5.30. The molecule has 2 aromatic rings. The Morgan fingerprint density at radius 3 is 2.68 bits per heavy atom. The minimum atomic E-state index is -0.486. The fourth-order valence-electron chi connectivity index (χ4n) is 3.56. The molecular formula is C19H22BrN3O2. The number of likely N-dealkylation sites (tertiary alicyclic amines) is 1. The summed E-state index contributed by atoms with van der Waals surface area (Å²) in [6, 6.07) is 8.38. The number of piperidine rings is 1. The van der Waals surface area contributed by atoms with E-state index in [1.54, 1.807) is 0 Å². The second kappa shape index (κ2) is 5.87. The van der Waals surface area contributed by atoms with Crippen LogP contribution in [0.25, 0.3) is 11.3 Å². The highest BCUT2D eigenvalue weighted by Gasteiger charge is 2.56. The largest absolute Gasteiger partial charge is 0.444 e. The molecule has 1 aromatic heterocycles. The van der Waals surface area contributed by atoms with Gasteiger partial charge in [-0.25, -0.2) is 9.78 Å². The summed E-state index contributed by atoms with van der Waals surface area (Å²) >= 11 is 3.45. The number of H-pyrrole nitrogens is 1. The zero-order chi connectivity index (χ0) is 17.8. The first-order valence-electron chi connectivity index (χ1n) is 8.64. The predicted octanol–water partition coefficient (Wildman–Crippen LogP) is 4.91. The van der Waals surface area contributed by atoms with Gasteiger partial charge in [0.25, 0.3) is 0 Å². The molecule has 1 saturated carbocycles. The monoisotopic (exact) mass is 403 g/mol. The topological polar surface area (TPSA) is 58.2 Å². The third kappa shape index (κ3) is 3.32. The van der Waals surface area contributed by atoms with E-state index in [-0.39, 0.29) is 12.1 Å². The molecule has 3 atom stereocenters. The van der Waals surface area contributed by atoms with E-state index in [1.807, 2.05) is 56.1 Å². The standard InChI is InChI=1S/C19H22BrN3O2/c1-19(2,3)25-18(24)23-15-8-12(15)9-16(23)17-21-10-14(22-17)11-4-6-13(20)7-5-11/h4-7,10,12,15-16H,8-9H2,1-3H3,(H,21,22)/t12?,15-,16+/m1/s1. The number of halogens is 1. The van der Waals surface area contributed by atoms with Crippen molar-refractivity contribution >= 4 is 22.0 Å². The van der Waals surface area contributed by atoms with Gasteiger partial charge in [0.15, 0.2) is 0 Å². The lowest BCUT2D eigenvalue weighted by Gasteiger charge is -2.29. The van der Waals surface area contributed by atoms with Gasteiger partial charge >= 0.3 is 6.09 Å². The molecule has 0 bridgehead atoms. The highest BCUT2D eigenvalue weighted by molar-refractivity contribution is 9.10. The maximum Gasteiger partial charge on any atom is 0.411 e. The molecule has 0 spiro atoms. The van der Waals surface area contributed by atoms with Crippen LogP contribution in [0, 0.1) is 5.92 Å². The van der Waals surface area contributed by atoms with Crippen LogP contribution in [0.5, 0.6) is 0 Å². The molecule has 25 heavy (non-hydrogen) atoms. The summed E-state index contributed by atoms with van der Waals surface area (Å²) in [6.07, 6.45) is 3.65. The van der Waals surface area contributed by atoms with Gasteiger partial charge in [-0.05, 0) is 57.2 Å².